The minimum Gasteiger partial charge on any atom is -0.508 e. The molecule has 0 aliphatic rings. The van der Waals surface area contributed by atoms with Crippen LogP contribution < -0.4 is 4.74 Å². The maximum atomic E-state index is 10.3. The highest BCUT2D eigenvalue weighted by Crippen LogP contribution is 2.39. The van der Waals surface area contributed by atoms with E-state index in [1.54, 1.807) is 23.9 Å². The molecular formula is C27H37N3O3S. The lowest BCUT2D eigenvalue weighted by Crippen LogP contribution is -2.37. The van der Waals surface area contributed by atoms with E-state index in [1.807, 2.05) is 36.4 Å². The number of unbranched alkanes of at least 4 members (excludes halogenated alkanes) is 1. The van der Waals surface area contributed by atoms with Crippen molar-refractivity contribution in [1.82, 2.24) is 15.1 Å². The third kappa shape index (κ3) is 7.00. The van der Waals surface area contributed by atoms with E-state index in [-0.39, 0.29) is 11.0 Å². The Kier molecular flexibility index (Phi) is 9.84. The molecular weight excluding hydrogens is 446 g/mol. The lowest BCUT2D eigenvalue weighted by atomic mass is 10.1. The summed E-state index contributed by atoms with van der Waals surface area (Å²) >= 11 is 1.65. The Labute approximate surface area is 207 Å². The van der Waals surface area contributed by atoms with Gasteiger partial charge in [-0.25, -0.2) is 0 Å². The van der Waals surface area contributed by atoms with Crippen molar-refractivity contribution in [3.05, 3.63) is 60.0 Å². The predicted octanol–water partition coefficient (Wildman–Crippen LogP) is 6.56. The van der Waals surface area contributed by atoms with Crippen LogP contribution in [0.1, 0.15) is 64.2 Å². The van der Waals surface area contributed by atoms with Gasteiger partial charge in [-0.3, -0.25) is 4.90 Å². The van der Waals surface area contributed by atoms with Crippen LogP contribution in [-0.2, 0) is 0 Å². The number of ether oxygens (including phenoxy) is 1. The first-order chi connectivity index (χ1) is 16.4. The van der Waals surface area contributed by atoms with Gasteiger partial charge in [0.05, 0.1) is 6.61 Å². The Morgan fingerprint density at radius 2 is 1.68 bits per heavy atom. The number of phenols is 1. The maximum absolute atomic E-state index is 10.3. The number of rotatable bonds is 13. The molecule has 0 saturated carbocycles. The second-order valence-corrected chi connectivity index (χ2v) is 10.2. The first kappa shape index (κ1) is 26.1. The van der Waals surface area contributed by atoms with Crippen LogP contribution in [0, 0.1) is 0 Å². The first-order valence-corrected chi connectivity index (χ1v) is 13.2. The highest BCUT2D eigenvalue weighted by atomic mass is 32.2. The average Bonchev–Trinajstić information content (AvgIpc) is 3.30. The van der Waals surface area contributed by atoms with E-state index in [4.69, 9.17) is 9.15 Å². The number of thioether (sulfide) groups is 1. The molecule has 0 amide bonds. The zero-order valence-electron chi connectivity index (χ0n) is 20.9. The lowest BCUT2D eigenvalue weighted by Gasteiger charge is -2.30. The second-order valence-electron chi connectivity index (χ2n) is 8.84. The van der Waals surface area contributed by atoms with Gasteiger partial charge < -0.3 is 14.3 Å². The zero-order valence-corrected chi connectivity index (χ0v) is 21.7. The molecule has 1 unspecified atom stereocenters. The van der Waals surface area contributed by atoms with Crippen molar-refractivity contribution in [2.75, 3.05) is 18.9 Å². The molecule has 1 N–H and O–H groups in total. The summed E-state index contributed by atoms with van der Waals surface area (Å²) in [6.07, 6.45) is 2.14. The number of aromatic hydroxyl groups is 1. The normalized spacial score (nSPS) is 12.6. The standard InChI is InChI=1S/C27H37N3O3S/c1-6-34-25(23-11-7-8-12-24(23)31)27-29-28-26(33-27)21-13-15-22(16-14-21)32-18-10-9-17-30(19(2)3)20(4)5/h7-8,11-16,19-20,25,31H,6,9-10,17-18H2,1-5H3. The topological polar surface area (TPSA) is 71.6 Å². The van der Waals surface area contributed by atoms with Crippen LogP contribution in [0.4, 0.5) is 0 Å². The molecule has 6 nitrogen and oxygen atoms in total. The van der Waals surface area contributed by atoms with Crippen molar-refractivity contribution in [3.63, 3.8) is 0 Å². The van der Waals surface area contributed by atoms with E-state index < -0.39 is 0 Å². The Morgan fingerprint density at radius 3 is 2.32 bits per heavy atom. The summed E-state index contributed by atoms with van der Waals surface area (Å²) in [5, 5.41) is 18.6. The van der Waals surface area contributed by atoms with Crippen LogP contribution in [-0.4, -0.2) is 51.2 Å². The Balaban J connectivity index is 1.56. The molecule has 184 valence electrons. The largest absolute Gasteiger partial charge is 0.508 e. The van der Waals surface area contributed by atoms with Gasteiger partial charge in [0, 0.05) is 23.2 Å². The summed E-state index contributed by atoms with van der Waals surface area (Å²) in [6, 6.07) is 16.2. The smallest absolute Gasteiger partial charge is 0.247 e. The van der Waals surface area contributed by atoms with Crippen LogP contribution in [0.3, 0.4) is 0 Å². The summed E-state index contributed by atoms with van der Waals surface area (Å²) in [6.45, 7) is 12.9. The van der Waals surface area contributed by atoms with Gasteiger partial charge in [-0.1, -0.05) is 25.1 Å². The summed E-state index contributed by atoms with van der Waals surface area (Å²) in [4.78, 5) is 2.51. The molecule has 1 heterocycles. The molecule has 0 aliphatic heterocycles. The molecule has 0 radical (unpaired) electrons. The molecule has 0 saturated heterocycles. The number of aromatic nitrogens is 2. The average molecular weight is 484 g/mol. The van der Waals surface area contributed by atoms with Crippen molar-refractivity contribution in [3.8, 4) is 23.0 Å². The predicted molar refractivity (Wildman–Crippen MR) is 140 cm³/mol. The SMILES string of the molecule is CCSC(c1nnc(-c2ccc(OCCCCN(C(C)C)C(C)C)cc2)o1)c1ccccc1O. The number of hydrogen-bond donors (Lipinski definition) is 1. The van der Waals surface area contributed by atoms with E-state index in [2.05, 4.69) is 49.7 Å². The lowest BCUT2D eigenvalue weighted by molar-refractivity contribution is 0.167. The number of para-hydroxylation sites is 1. The molecule has 7 heteroatoms. The van der Waals surface area contributed by atoms with Gasteiger partial charge in [0.2, 0.25) is 11.8 Å². The van der Waals surface area contributed by atoms with Gasteiger partial charge in [0.25, 0.3) is 0 Å². The second kappa shape index (κ2) is 12.8. The fraction of sp³-hybridized carbons (Fsp3) is 0.481. The first-order valence-electron chi connectivity index (χ1n) is 12.1. The van der Waals surface area contributed by atoms with Crippen molar-refractivity contribution in [2.45, 2.75) is 64.8 Å². The number of phenolic OH excluding ortho intramolecular Hbond substituents is 1. The van der Waals surface area contributed by atoms with Crippen LogP contribution >= 0.6 is 11.8 Å². The minimum absolute atomic E-state index is 0.211. The Bertz CT molecular complexity index is 996. The van der Waals surface area contributed by atoms with Crippen molar-refractivity contribution >= 4 is 11.8 Å². The molecule has 3 aromatic rings. The molecule has 3 rings (SSSR count). The zero-order chi connectivity index (χ0) is 24.5. The van der Waals surface area contributed by atoms with Gasteiger partial charge in [-0.15, -0.1) is 22.0 Å². The van der Waals surface area contributed by atoms with E-state index >= 15 is 0 Å². The fourth-order valence-corrected chi connectivity index (χ4v) is 4.97. The van der Waals surface area contributed by atoms with Gasteiger partial charge >= 0.3 is 0 Å². The van der Waals surface area contributed by atoms with Gasteiger partial charge in [0.15, 0.2) is 0 Å². The monoisotopic (exact) mass is 483 g/mol. The molecule has 2 aromatic carbocycles. The van der Waals surface area contributed by atoms with E-state index in [1.165, 1.54) is 0 Å². The third-order valence-electron chi connectivity index (χ3n) is 5.72. The van der Waals surface area contributed by atoms with E-state index in [0.29, 0.717) is 30.5 Å². The summed E-state index contributed by atoms with van der Waals surface area (Å²) in [7, 11) is 0. The summed E-state index contributed by atoms with van der Waals surface area (Å²) < 4.78 is 11.9. The molecule has 1 atom stereocenters. The van der Waals surface area contributed by atoms with Crippen molar-refractivity contribution < 1.29 is 14.3 Å². The number of hydrogen-bond acceptors (Lipinski definition) is 7. The third-order valence-corrected chi connectivity index (χ3v) is 6.85. The fourth-order valence-electron chi connectivity index (χ4n) is 4.02. The quantitative estimate of drug-likeness (QED) is 0.276. The van der Waals surface area contributed by atoms with Crippen LogP contribution in [0.5, 0.6) is 11.5 Å². The molecule has 0 aliphatic carbocycles. The number of nitrogens with zero attached hydrogens (tertiary/aromatic N) is 3. The van der Waals surface area contributed by atoms with Crippen LogP contribution in [0.2, 0.25) is 0 Å². The van der Waals surface area contributed by atoms with Crippen LogP contribution in [0.15, 0.2) is 52.9 Å². The summed E-state index contributed by atoms with van der Waals surface area (Å²) in [5.74, 6) is 2.87. The number of benzene rings is 2. The van der Waals surface area contributed by atoms with E-state index in [0.717, 1.165) is 42.0 Å². The molecule has 1 aromatic heterocycles. The minimum atomic E-state index is -0.211. The van der Waals surface area contributed by atoms with Crippen LogP contribution in [0.25, 0.3) is 11.5 Å². The molecule has 0 spiro atoms. The Morgan fingerprint density at radius 1 is 0.971 bits per heavy atom. The molecule has 0 fully saturated rings. The Hall–Kier alpha value is -2.51. The van der Waals surface area contributed by atoms with Crippen molar-refractivity contribution in [2.24, 2.45) is 0 Å². The highest BCUT2D eigenvalue weighted by molar-refractivity contribution is 7.99. The van der Waals surface area contributed by atoms with Gasteiger partial charge in [-0.2, -0.15) is 0 Å². The molecule has 34 heavy (non-hydrogen) atoms. The summed E-state index contributed by atoms with van der Waals surface area (Å²) in [5.41, 5.74) is 1.62. The van der Waals surface area contributed by atoms with Gasteiger partial charge in [0.1, 0.15) is 16.7 Å². The van der Waals surface area contributed by atoms with Gasteiger partial charge in [-0.05, 0) is 83.2 Å². The van der Waals surface area contributed by atoms with E-state index in [9.17, 15) is 5.11 Å². The highest BCUT2D eigenvalue weighted by Gasteiger charge is 2.24. The molecule has 0 bridgehead atoms. The van der Waals surface area contributed by atoms with Crippen molar-refractivity contribution in [1.29, 1.82) is 0 Å². The maximum Gasteiger partial charge on any atom is 0.247 e.